The number of hydrogen-bond acceptors (Lipinski definition) is 3. The molecule has 1 atom stereocenters. The van der Waals surface area contributed by atoms with Crippen molar-refractivity contribution in [3.05, 3.63) is 35.9 Å². The van der Waals surface area contributed by atoms with Crippen LogP contribution in [0.3, 0.4) is 0 Å². The predicted octanol–water partition coefficient (Wildman–Crippen LogP) is 1.85. The molecule has 18 heavy (non-hydrogen) atoms. The Morgan fingerprint density at radius 2 is 1.94 bits per heavy atom. The third-order valence-electron chi connectivity index (χ3n) is 2.56. The quantitative estimate of drug-likeness (QED) is 0.854. The van der Waals surface area contributed by atoms with Crippen molar-refractivity contribution in [2.75, 3.05) is 12.8 Å². The lowest BCUT2D eigenvalue weighted by molar-refractivity contribution is -0.144. The van der Waals surface area contributed by atoms with Crippen LogP contribution in [0.2, 0.25) is 0 Å². The van der Waals surface area contributed by atoms with Crippen molar-refractivity contribution in [3.8, 4) is 0 Å². The fourth-order valence-corrected chi connectivity index (χ4v) is 1.89. The highest BCUT2D eigenvalue weighted by Gasteiger charge is 2.21. The highest BCUT2D eigenvalue weighted by atomic mass is 32.2. The third-order valence-corrected chi connectivity index (χ3v) is 3.46. The van der Waals surface area contributed by atoms with E-state index in [1.807, 2.05) is 36.6 Å². The number of rotatable bonds is 6. The summed E-state index contributed by atoms with van der Waals surface area (Å²) >= 11 is 1.41. The lowest BCUT2D eigenvalue weighted by Gasteiger charge is -2.23. The lowest BCUT2D eigenvalue weighted by Crippen LogP contribution is -2.39. The number of carboxylic acids is 1. The number of hydrogen-bond donors (Lipinski definition) is 1. The van der Waals surface area contributed by atoms with Gasteiger partial charge in [0.15, 0.2) is 0 Å². The molecule has 0 radical (unpaired) electrons. The molecular formula is C13H17NO3S. The molecule has 0 aromatic heterocycles. The highest BCUT2D eigenvalue weighted by Crippen LogP contribution is 2.12. The molecule has 0 bridgehead atoms. The standard InChI is InChI=1S/C13H17NO3S/c1-10(18-2)13(17)14(9-12(15)16)8-11-6-4-3-5-7-11/h3-7,10H,8-9H2,1-2H3,(H,15,16). The van der Waals surface area contributed by atoms with Crippen molar-refractivity contribution in [2.45, 2.75) is 18.7 Å². The normalized spacial score (nSPS) is 11.9. The van der Waals surface area contributed by atoms with Gasteiger partial charge in [0, 0.05) is 6.54 Å². The van der Waals surface area contributed by atoms with Crippen LogP contribution in [-0.4, -0.2) is 39.9 Å². The molecule has 1 unspecified atom stereocenters. The van der Waals surface area contributed by atoms with E-state index in [1.54, 1.807) is 6.92 Å². The fraction of sp³-hybridized carbons (Fsp3) is 0.385. The van der Waals surface area contributed by atoms with Gasteiger partial charge in [-0.25, -0.2) is 0 Å². The van der Waals surface area contributed by atoms with Gasteiger partial charge in [0.2, 0.25) is 5.91 Å². The SMILES string of the molecule is CSC(C)C(=O)N(CC(=O)O)Cc1ccccc1. The molecule has 0 saturated heterocycles. The van der Waals surface area contributed by atoms with Crippen LogP contribution in [0.5, 0.6) is 0 Å². The van der Waals surface area contributed by atoms with Gasteiger partial charge in [0.25, 0.3) is 0 Å². The Kier molecular flexibility index (Phi) is 5.71. The monoisotopic (exact) mass is 267 g/mol. The Bertz CT molecular complexity index is 408. The molecule has 98 valence electrons. The molecule has 0 aliphatic carbocycles. The van der Waals surface area contributed by atoms with Gasteiger partial charge in [-0.2, -0.15) is 11.8 Å². The van der Waals surface area contributed by atoms with Crippen molar-refractivity contribution in [3.63, 3.8) is 0 Å². The Morgan fingerprint density at radius 3 is 2.44 bits per heavy atom. The van der Waals surface area contributed by atoms with E-state index in [1.165, 1.54) is 16.7 Å². The van der Waals surface area contributed by atoms with E-state index in [9.17, 15) is 9.59 Å². The summed E-state index contributed by atoms with van der Waals surface area (Å²) in [5.74, 6) is -1.14. The van der Waals surface area contributed by atoms with Gasteiger partial charge in [0.05, 0.1) is 5.25 Å². The maximum atomic E-state index is 12.1. The van der Waals surface area contributed by atoms with Gasteiger partial charge in [-0.1, -0.05) is 30.3 Å². The molecule has 1 rings (SSSR count). The molecule has 0 heterocycles. The molecular weight excluding hydrogens is 250 g/mol. The molecule has 4 nitrogen and oxygen atoms in total. The number of benzene rings is 1. The van der Waals surface area contributed by atoms with Gasteiger partial charge >= 0.3 is 5.97 Å². The second-order valence-electron chi connectivity index (χ2n) is 3.95. The molecule has 0 aliphatic heterocycles. The molecule has 0 aliphatic rings. The average Bonchev–Trinajstić information content (AvgIpc) is 2.37. The van der Waals surface area contributed by atoms with Crippen LogP contribution in [-0.2, 0) is 16.1 Å². The van der Waals surface area contributed by atoms with Crippen molar-refractivity contribution < 1.29 is 14.7 Å². The summed E-state index contributed by atoms with van der Waals surface area (Å²) in [6, 6.07) is 9.39. The second-order valence-corrected chi connectivity index (χ2v) is 5.13. The Hall–Kier alpha value is -1.49. The minimum Gasteiger partial charge on any atom is -0.480 e. The van der Waals surface area contributed by atoms with Gasteiger partial charge < -0.3 is 10.0 Å². The van der Waals surface area contributed by atoms with Crippen LogP contribution in [0.1, 0.15) is 12.5 Å². The number of carbonyl (C=O) groups is 2. The number of carboxylic acid groups (broad SMARTS) is 1. The molecule has 5 heteroatoms. The van der Waals surface area contributed by atoms with Crippen LogP contribution in [0.15, 0.2) is 30.3 Å². The van der Waals surface area contributed by atoms with Crippen LogP contribution in [0.25, 0.3) is 0 Å². The van der Waals surface area contributed by atoms with Gasteiger partial charge in [-0.3, -0.25) is 9.59 Å². The lowest BCUT2D eigenvalue weighted by atomic mass is 10.2. The number of amides is 1. The van der Waals surface area contributed by atoms with Crippen LogP contribution >= 0.6 is 11.8 Å². The zero-order valence-corrected chi connectivity index (χ0v) is 11.3. The molecule has 1 amide bonds. The Morgan fingerprint density at radius 1 is 1.33 bits per heavy atom. The first kappa shape index (κ1) is 14.6. The summed E-state index contributed by atoms with van der Waals surface area (Å²) in [4.78, 5) is 24.2. The van der Waals surface area contributed by atoms with Crippen LogP contribution in [0.4, 0.5) is 0 Å². The van der Waals surface area contributed by atoms with E-state index in [-0.39, 0.29) is 17.7 Å². The van der Waals surface area contributed by atoms with Gasteiger partial charge in [0.1, 0.15) is 6.54 Å². The number of carbonyl (C=O) groups excluding carboxylic acids is 1. The van der Waals surface area contributed by atoms with E-state index < -0.39 is 5.97 Å². The number of nitrogens with zero attached hydrogens (tertiary/aromatic N) is 1. The fourth-order valence-electron chi connectivity index (χ4n) is 1.54. The first-order valence-corrected chi connectivity index (χ1v) is 6.90. The van der Waals surface area contributed by atoms with Crippen LogP contribution < -0.4 is 0 Å². The summed E-state index contributed by atoms with van der Waals surface area (Å²) in [5.41, 5.74) is 0.931. The average molecular weight is 267 g/mol. The zero-order valence-electron chi connectivity index (χ0n) is 10.5. The van der Waals surface area contributed by atoms with Crippen molar-refractivity contribution in [2.24, 2.45) is 0 Å². The smallest absolute Gasteiger partial charge is 0.323 e. The molecule has 1 aromatic carbocycles. The molecule has 0 fully saturated rings. The predicted molar refractivity (Wildman–Crippen MR) is 72.5 cm³/mol. The van der Waals surface area contributed by atoms with E-state index in [2.05, 4.69) is 0 Å². The van der Waals surface area contributed by atoms with Crippen molar-refractivity contribution in [1.82, 2.24) is 4.90 Å². The van der Waals surface area contributed by atoms with E-state index in [0.29, 0.717) is 6.54 Å². The van der Waals surface area contributed by atoms with E-state index in [4.69, 9.17) is 5.11 Å². The summed E-state index contributed by atoms with van der Waals surface area (Å²) in [6.45, 7) is 1.85. The van der Waals surface area contributed by atoms with E-state index in [0.717, 1.165) is 5.56 Å². The first-order valence-electron chi connectivity index (χ1n) is 5.62. The second kappa shape index (κ2) is 7.06. The molecule has 0 saturated carbocycles. The summed E-state index contributed by atoms with van der Waals surface area (Å²) in [5, 5.41) is 8.64. The first-order chi connectivity index (χ1) is 8.54. The maximum Gasteiger partial charge on any atom is 0.323 e. The Labute approximate surface area is 111 Å². The van der Waals surface area contributed by atoms with Crippen molar-refractivity contribution >= 4 is 23.6 Å². The number of thioether (sulfide) groups is 1. The Balaban J connectivity index is 2.78. The summed E-state index contributed by atoms with van der Waals surface area (Å²) in [7, 11) is 0. The molecule has 0 spiro atoms. The highest BCUT2D eigenvalue weighted by molar-refractivity contribution is 7.99. The maximum absolute atomic E-state index is 12.1. The summed E-state index contributed by atoms with van der Waals surface area (Å²) in [6.07, 6.45) is 1.84. The van der Waals surface area contributed by atoms with Crippen LogP contribution in [0, 0.1) is 0 Å². The van der Waals surface area contributed by atoms with E-state index >= 15 is 0 Å². The topological polar surface area (TPSA) is 57.6 Å². The third kappa shape index (κ3) is 4.41. The minimum absolute atomic E-state index is 0.145. The summed E-state index contributed by atoms with van der Waals surface area (Å²) < 4.78 is 0. The van der Waals surface area contributed by atoms with Crippen molar-refractivity contribution in [1.29, 1.82) is 0 Å². The number of aliphatic carboxylic acids is 1. The zero-order chi connectivity index (χ0) is 13.5. The molecule has 1 aromatic rings. The van der Waals surface area contributed by atoms with Gasteiger partial charge in [-0.15, -0.1) is 0 Å². The minimum atomic E-state index is -0.993. The van der Waals surface area contributed by atoms with Gasteiger partial charge in [-0.05, 0) is 18.7 Å². The molecule has 1 N–H and O–H groups in total. The largest absolute Gasteiger partial charge is 0.480 e.